The molecule has 1 atom stereocenters. The Bertz CT molecular complexity index is 218. The van der Waals surface area contributed by atoms with Crippen LogP contribution in [0.1, 0.15) is 44.6 Å². The molecule has 1 aromatic rings. The maximum Gasteiger partial charge on any atom is 0.0186 e. The van der Waals surface area contributed by atoms with Crippen LogP contribution in [0, 0.1) is 0 Å². The van der Waals surface area contributed by atoms with Crippen LogP contribution in [0.2, 0.25) is 0 Å². The first kappa shape index (κ1) is 12.3. The van der Waals surface area contributed by atoms with E-state index in [1.54, 1.807) is 11.3 Å². The van der Waals surface area contributed by atoms with Gasteiger partial charge in [0.2, 0.25) is 0 Å². The predicted molar refractivity (Wildman–Crippen MR) is 69.5 cm³/mol. The van der Waals surface area contributed by atoms with Gasteiger partial charge in [-0.2, -0.15) is 11.3 Å². The van der Waals surface area contributed by atoms with Crippen molar-refractivity contribution in [2.75, 3.05) is 0 Å². The van der Waals surface area contributed by atoms with Gasteiger partial charge in [0.15, 0.2) is 0 Å². The molecule has 0 fully saturated rings. The molecule has 0 nitrogen and oxygen atoms in total. The average Bonchev–Trinajstić information content (AvgIpc) is 2.65. The molecule has 1 rings (SSSR count). The van der Waals surface area contributed by atoms with Crippen LogP contribution in [0.5, 0.6) is 0 Å². The third kappa shape index (κ3) is 5.16. The molecular formula is C12H19BrS. The number of alkyl halides is 1. The van der Waals surface area contributed by atoms with Gasteiger partial charge in [0.25, 0.3) is 0 Å². The summed E-state index contributed by atoms with van der Waals surface area (Å²) in [6, 6.07) is 2.23. The smallest absolute Gasteiger partial charge is 0.0186 e. The molecule has 2 heteroatoms. The molecule has 0 aliphatic rings. The number of rotatable bonds is 7. The van der Waals surface area contributed by atoms with Crippen molar-refractivity contribution in [2.24, 2.45) is 0 Å². The zero-order valence-electron chi connectivity index (χ0n) is 8.84. The first-order valence-electron chi connectivity index (χ1n) is 5.48. The molecule has 0 spiro atoms. The highest BCUT2D eigenvalue weighted by atomic mass is 79.9. The summed E-state index contributed by atoms with van der Waals surface area (Å²) in [6.45, 7) is 2.26. The SMILES string of the molecule is CCCCCCC(Br)Cc1ccsc1. The number of hydrogen-bond acceptors (Lipinski definition) is 1. The molecule has 0 saturated heterocycles. The quantitative estimate of drug-likeness (QED) is 0.484. The Balaban J connectivity index is 2.07. The Hall–Kier alpha value is 0.180. The zero-order valence-corrected chi connectivity index (χ0v) is 11.2. The Morgan fingerprint density at radius 3 is 2.86 bits per heavy atom. The zero-order chi connectivity index (χ0) is 10.2. The van der Waals surface area contributed by atoms with Gasteiger partial charge >= 0.3 is 0 Å². The molecule has 0 aromatic carbocycles. The lowest BCUT2D eigenvalue weighted by Gasteiger charge is -2.07. The summed E-state index contributed by atoms with van der Waals surface area (Å²) in [5.41, 5.74) is 1.48. The van der Waals surface area contributed by atoms with Gasteiger partial charge in [-0.3, -0.25) is 0 Å². The number of hydrogen-bond donors (Lipinski definition) is 0. The van der Waals surface area contributed by atoms with E-state index >= 15 is 0 Å². The van der Waals surface area contributed by atoms with Gasteiger partial charge in [0, 0.05) is 4.83 Å². The van der Waals surface area contributed by atoms with Crippen molar-refractivity contribution in [3.05, 3.63) is 22.4 Å². The minimum absolute atomic E-state index is 0.675. The first-order valence-corrected chi connectivity index (χ1v) is 7.34. The third-order valence-corrected chi connectivity index (χ3v) is 3.92. The topological polar surface area (TPSA) is 0 Å². The van der Waals surface area contributed by atoms with E-state index in [0.717, 1.165) is 0 Å². The van der Waals surface area contributed by atoms with Crippen molar-refractivity contribution in [1.29, 1.82) is 0 Å². The van der Waals surface area contributed by atoms with Crippen LogP contribution in [0.4, 0.5) is 0 Å². The molecule has 0 radical (unpaired) electrons. The third-order valence-electron chi connectivity index (χ3n) is 2.41. The fourth-order valence-electron chi connectivity index (χ4n) is 1.56. The molecular weight excluding hydrogens is 256 g/mol. The minimum atomic E-state index is 0.675. The maximum atomic E-state index is 3.76. The fourth-order valence-corrected chi connectivity index (χ4v) is 2.94. The second kappa shape index (κ2) is 7.47. The van der Waals surface area contributed by atoms with E-state index in [1.807, 2.05) is 0 Å². The van der Waals surface area contributed by atoms with Crippen molar-refractivity contribution in [3.63, 3.8) is 0 Å². The Labute approximate surface area is 99.9 Å². The largest absolute Gasteiger partial charge is 0.152 e. The average molecular weight is 275 g/mol. The van der Waals surface area contributed by atoms with E-state index in [4.69, 9.17) is 0 Å². The standard InChI is InChI=1S/C12H19BrS/c1-2-3-4-5-6-12(13)9-11-7-8-14-10-11/h7-8,10,12H,2-6,9H2,1H3. The summed E-state index contributed by atoms with van der Waals surface area (Å²) in [6.07, 6.45) is 7.98. The minimum Gasteiger partial charge on any atom is -0.152 e. The number of halogens is 1. The molecule has 1 unspecified atom stereocenters. The molecule has 1 aromatic heterocycles. The van der Waals surface area contributed by atoms with Crippen molar-refractivity contribution in [1.82, 2.24) is 0 Å². The van der Waals surface area contributed by atoms with Crippen molar-refractivity contribution in [3.8, 4) is 0 Å². The monoisotopic (exact) mass is 274 g/mol. The lowest BCUT2D eigenvalue weighted by molar-refractivity contribution is 0.619. The highest BCUT2D eigenvalue weighted by Gasteiger charge is 2.05. The lowest BCUT2D eigenvalue weighted by atomic mass is 10.1. The van der Waals surface area contributed by atoms with Crippen LogP contribution >= 0.6 is 27.3 Å². The van der Waals surface area contributed by atoms with Crippen LogP contribution in [0.3, 0.4) is 0 Å². The molecule has 0 N–H and O–H groups in total. The van der Waals surface area contributed by atoms with E-state index in [9.17, 15) is 0 Å². The molecule has 0 aliphatic carbocycles. The molecule has 0 amide bonds. The lowest BCUT2D eigenvalue weighted by Crippen LogP contribution is -2.01. The van der Waals surface area contributed by atoms with E-state index in [-0.39, 0.29) is 0 Å². The Morgan fingerprint density at radius 2 is 2.21 bits per heavy atom. The Morgan fingerprint density at radius 1 is 1.36 bits per heavy atom. The van der Waals surface area contributed by atoms with Gasteiger partial charge in [0.05, 0.1) is 0 Å². The van der Waals surface area contributed by atoms with Gasteiger partial charge < -0.3 is 0 Å². The van der Waals surface area contributed by atoms with Crippen LogP contribution in [-0.4, -0.2) is 4.83 Å². The molecule has 80 valence electrons. The van der Waals surface area contributed by atoms with Crippen LogP contribution < -0.4 is 0 Å². The molecule has 1 heterocycles. The summed E-state index contributed by atoms with van der Waals surface area (Å²) in [5, 5.41) is 4.41. The second-order valence-electron chi connectivity index (χ2n) is 3.78. The summed E-state index contributed by atoms with van der Waals surface area (Å²) < 4.78 is 0. The summed E-state index contributed by atoms with van der Waals surface area (Å²) in [4.78, 5) is 0.675. The number of thiophene rings is 1. The highest BCUT2D eigenvalue weighted by molar-refractivity contribution is 9.09. The summed E-state index contributed by atoms with van der Waals surface area (Å²) in [7, 11) is 0. The van der Waals surface area contributed by atoms with E-state index < -0.39 is 0 Å². The van der Waals surface area contributed by atoms with Crippen LogP contribution in [-0.2, 0) is 6.42 Å². The molecule has 14 heavy (non-hydrogen) atoms. The Kier molecular flexibility index (Phi) is 6.54. The maximum absolute atomic E-state index is 3.76. The number of unbranched alkanes of at least 4 members (excludes halogenated alkanes) is 3. The summed E-state index contributed by atoms with van der Waals surface area (Å²) >= 11 is 5.55. The van der Waals surface area contributed by atoms with Crippen molar-refractivity contribution in [2.45, 2.75) is 50.3 Å². The molecule has 0 bridgehead atoms. The highest BCUT2D eigenvalue weighted by Crippen LogP contribution is 2.18. The van der Waals surface area contributed by atoms with E-state index in [1.165, 1.54) is 44.1 Å². The van der Waals surface area contributed by atoms with Gasteiger partial charge in [-0.05, 0) is 35.2 Å². The predicted octanol–water partition coefficient (Wildman–Crippen LogP) is 5.02. The van der Waals surface area contributed by atoms with Gasteiger partial charge in [-0.15, -0.1) is 0 Å². The van der Waals surface area contributed by atoms with E-state index in [0.29, 0.717) is 4.83 Å². The molecule has 0 saturated carbocycles. The van der Waals surface area contributed by atoms with Gasteiger partial charge in [-0.1, -0.05) is 48.5 Å². The fraction of sp³-hybridized carbons (Fsp3) is 0.667. The molecule has 0 aliphatic heterocycles. The normalized spacial score (nSPS) is 13.0. The van der Waals surface area contributed by atoms with E-state index in [2.05, 4.69) is 39.7 Å². The second-order valence-corrected chi connectivity index (χ2v) is 5.86. The first-order chi connectivity index (χ1) is 6.83. The van der Waals surface area contributed by atoms with Crippen molar-refractivity contribution < 1.29 is 0 Å². The van der Waals surface area contributed by atoms with Crippen LogP contribution in [0.25, 0.3) is 0 Å². The summed E-state index contributed by atoms with van der Waals surface area (Å²) in [5.74, 6) is 0. The van der Waals surface area contributed by atoms with Gasteiger partial charge in [-0.25, -0.2) is 0 Å². The van der Waals surface area contributed by atoms with Gasteiger partial charge in [0.1, 0.15) is 0 Å². The van der Waals surface area contributed by atoms with Crippen LogP contribution in [0.15, 0.2) is 16.8 Å². The van der Waals surface area contributed by atoms with Crippen molar-refractivity contribution >= 4 is 27.3 Å².